The molecule has 36 heavy (non-hydrogen) atoms. The molecule has 14 nitrogen and oxygen atoms in total. The summed E-state index contributed by atoms with van der Waals surface area (Å²) in [6.07, 6.45) is -8.38. The standard InChI is InChI=1S/C22H37NO13/c1-27-9-11-15(28-2)17(29-3)20(32-6)22(35-11)36-16-12(10-33-23-13(24)7-8-14(23)25)34-21(26)19(31-5)18(16)30-4/h11-12,15-22,26H,7-10H2,1-6H3/t11-,12-,15-,16-,17+,18+,19-,20-,21-,22-/m1/s1. The third-order valence-corrected chi connectivity index (χ3v) is 6.56. The minimum Gasteiger partial charge on any atom is -0.382 e. The molecule has 0 aromatic heterocycles. The summed E-state index contributed by atoms with van der Waals surface area (Å²) in [6.45, 7) is -0.107. The van der Waals surface area contributed by atoms with Gasteiger partial charge in [-0.1, -0.05) is 0 Å². The van der Waals surface area contributed by atoms with Crippen molar-refractivity contribution in [2.45, 2.75) is 74.3 Å². The zero-order valence-electron chi connectivity index (χ0n) is 21.4. The first-order chi connectivity index (χ1) is 17.3. The summed E-state index contributed by atoms with van der Waals surface area (Å²) in [4.78, 5) is 29.4. The molecule has 2 amide bonds. The molecule has 208 valence electrons. The van der Waals surface area contributed by atoms with E-state index in [2.05, 4.69) is 0 Å². The first-order valence-corrected chi connectivity index (χ1v) is 11.6. The van der Waals surface area contributed by atoms with Crippen molar-refractivity contribution in [2.24, 2.45) is 0 Å². The molecule has 3 saturated heterocycles. The van der Waals surface area contributed by atoms with Crippen LogP contribution in [0.5, 0.6) is 0 Å². The molecule has 0 aromatic carbocycles. The van der Waals surface area contributed by atoms with Gasteiger partial charge in [0.15, 0.2) is 12.6 Å². The number of methoxy groups -OCH3 is 6. The van der Waals surface area contributed by atoms with Crippen molar-refractivity contribution in [2.75, 3.05) is 55.9 Å². The van der Waals surface area contributed by atoms with Crippen LogP contribution in [0.15, 0.2) is 0 Å². The second-order valence-corrected chi connectivity index (χ2v) is 8.54. The topological polar surface area (TPSA) is 150 Å². The van der Waals surface area contributed by atoms with Crippen molar-refractivity contribution < 1.29 is 62.2 Å². The second kappa shape index (κ2) is 13.5. The summed E-state index contributed by atoms with van der Waals surface area (Å²) < 4.78 is 51.5. The van der Waals surface area contributed by atoms with Crippen LogP contribution in [-0.4, -0.2) is 139 Å². The van der Waals surface area contributed by atoms with Crippen molar-refractivity contribution in [3.05, 3.63) is 0 Å². The number of carbonyl (C=O) groups is 2. The lowest BCUT2D eigenvalue weighted by molar-refractivity contribution is -0.366. The maximum atomic E-state index is 12.0. The molecule has 3 heterocycles. The number of ether oxygens (including phenoxy) is 9. The predicted octanol–water partition coefficient (Wildman–Crippen LogP) is -1.38. The van der Waals surface area contributed by atoms with Gasteiger partial charge in [-0.25, -0.2) is 0 Å². The number of aliphatic hydroxyl groups is 1. The van der Waals surface area contributed by atoms with Crippen LogP contribution in [0.4, 0.5) is 0 Å². The Morgan fingerprint density at radius 2 is 1.25 bits per heavy atom. The fraction of sp³-hybridized carbons (Fsp3) is 0.909. The van der Waals surface area contributed by atoms with E-state index in [1.807, 2.05) is 0 Å². The lowest BCUT2D eigenvalue weighted by atomic mass is 9.96. The van der Waals surface area contributed by atoms with Gasteiger partial charge in [0.05, 0.1) is 6.61 Å². The van der Waals surface area contributed by atoms with E-state index in [0.29, 0.717) is 5.06 Å². The van der Waals surface area contributed by atoms with Gasteiger partial charge in [-0.3, -0.25) is 14.4 Å². The van der Waals surface area contributed by atoms with Crippen LogP contribution in [0.1, 0.15) is 12.8 Å². The van der Waals surface area contributed by atoms with E-state index in [9.17, 15) is 14.7 Å². The van der Waals surface area contributed by atoms with Crippen LogP contribution < -0.4 is 0 Å². The molecule has 14 heteroatoms. The van der Waals surface area contributed by atoms with Crippen LogP contribution >= 0.6 is 0 Å². The Bertz CT molecular complexity index is 710. The average Bonchev–Trinajstić information content (AvgIpc) is 3.19. The van der Waals surface area contributed by atoms with Crippen LogP contribution in [0, 0.1) is 0 Å². The van der Waals surface area contributed by atoms with Gasteiger partial charge in [0.1, 0.15) is 55.4 Å². The van der Waals surface area contributed by atoms with Gasteiger partial charge in [0, 0.05) is 55.5 Å². The molecule has 0 saturated carbocycles. The number of hydroxylamine groups is 2. The maximum Gasteiger partial charge on any atom is 0.253 e. The van der Waals surface area contributed by atoms with E-state index < -0.39 is 73.2 Å². The molecule has 3 rings (SSSR count). The molecular formula is C22H37NO13. The molecule has 3 aliphatic heterocycles. The molecule has 10 atom stereocenters. The Morgan fingerprint density at radius 1 is 0.722 bits per heavy atom. The monoisotopic (exact) mass is 523 g/mol. The van der Waals surface area contributed by atoms with Crippen LogP contribution in [0.3, 0.4) is 0 Å². The van der Waals surface area contributed by atoms with Crippen LogP contribution in [0.2, 0.25) is 0 Å². The highest BCUT2D eigenvalue weighted by molar-refractivity contribution is 6.00. The normalized spacial score (nSPS) is 39.7. The molecule has 3 fully saturated rings. The highest BCUT2D eigenvalue weighted by Gasteiger charge is 2.53. The fourth-order valence-electron chi connectivity index (χ4n) is 4.80. The highest BCUT2D eigenvalue weighted by Crippen LogP contribution is 2.33. The Morgan fingerprint density at radius 3 is 1.78 bits per heavy atom. The predicted molar refractivity (Wildman–Crippen MR) is 117 cm³/mol. The number of imide groups is 1. The van der Waals surface area contributed by atoms with E-state index >= 15 is 0 Å². The number of aliphatic hydroxyl groups excluding tert-OH is 1. The molecule has 1 N–H and O–H groups in total. The van der Waals surface area contributed by atoms with E-state index in [4.69, 9.17) is 47.5 Å². The third-order valence-electron chi connectivity index (χ3n) is 6.56. The molecule has 3 aliphatic rings. The van der Waals surface area contributed by atoms with E-state index in [1.165, 1.54) is 42.7 Å². The summed E-state index contributed by atoms with van der Waals surface area (Å²) in [7, 11) is 8.90. The van der Waals surface area contributed by atoms with E-state index in [1.54, 1.807) is 0 Å². The van der Waals surface area contributed by atoms with Gasteiger partial charge in [-0.2, -0.15) is 5.06 Å². The minimum absolute atomic E-state index is 0.0603. The largest absolute Gasteiger partial charge is 0.382 e. The van der Waals surface area contributed by atoms with E-state index in [0.717, 1.165) is 0 Å². The first-order valence-electron chi connectivity index (χ1n) is 11.6. The molecule has 0 spiro atoms. The Labute approximate surface area is 209 Å². The quantitative estimate of drug-likeness (QED) is 0.300. The second-order valence-electron chi connectivity index (χ2n) is 8.54. The van der Waals surface area contributed by atoms with Gasteiger partial charge >= 0.3 is 0 Å². The molecule has 0 aromatic rings. The molecule has 0 unspecified atom stereocenters. The van der Waals surface area contributed by atoms with Crippen molar-refractivity contribution in [3.8, 4) is 0 Å². The maximum absolute atomic E-state index is 12.0. The van der Waals surface area contributed by atoms with Gasteiger partial charge in [0.2, 0.25) is 0 Å². The van der Waals surface area contributed by atoms with Crippen LogP contribution in [0.25, 0.3) is 0 Å². The Kier molecular flexibility index (Phi) is 11.0. The summed E-state index contributed by atoms with van der Waals surface area (Å²) in [5.41, 5.74) is 0. The number of hydrogen-bond donors (Lipinski definition) is 1. The highest BCUT2D eigenvalue weighted by atomic mass is 16.8. The summed E-state index contributed by atoms with van der Waals surface area (Å²) in [6, 6.07) is 0. The lowest BCUT2D eigenvalue weighted by Crippen LogP contribution is -2.66. The average molecular weight is 524 g/mol. The fourth-order valence-corrected chi connectivity index (χ4v) is 4.80. The van der Waals surface area contributed by atoms with Gasteiger partial charge in [-0.05, 0) is 0 Å². The lowest BCUT2D eigenvalue weighted by Gasteiger charge is -2.48. The number of carbonyl (C=O) groups excluding carboxylic acids is 2. The van der Waals surface area contributed by atoms with Gasteiger partial charge in [0.25, 0.3) is 11.8 Å². The van der Waals surface area contributed by atoms with Crippen molar-refractivity contribution in [1.29, 1.82) is 0 Å². The Balaban J connectivity index is 1.86. The van der Waals surface area contributed by atoms with Gasteiger partial charge in [-0.15, -0.1) is 0 Å². The summed E-state index contributed by atoms with van der Waals surface area (Å²) in [5.74, 6) is -0.921. The number of nitrogens with zero attached hydrogens (tertiary/aromatic N) is 1. The first kappa shape index (κ1) is 29.3. The minimum atomic E-state index is -1.39. The molecule has 0 bridgehead atoms. The zero-order valence-corrected chi connectivity index (χ0v) is 21.4. The number of rotatable bonds is 12. The van der Waals surface area contributed by atoms with Gasteiger partial charge < -0.3 is 47.7 Å². The Hall–Kier alpha value is -1.30. The van der Waals surface area contributed by atoms with Crippen LogP contribution in [-0.2, 0) is 57.1 Å². The zero-order chi connectivity index (χ0) is 26.4. The number of amides is 2. The number of hydrogen-bond acceptors (Lipinski definition) is 13. The van der Waals surface area contributed by atoms with Crippen molar-refractivity contribution in [1.82, 2.24) is 5.06 Å². The van der Waals surface area contributed by atoms with E-state index in [-0.39, 0.29) is 26.1 Å². The molecular weight excluding hydrogens is 486 g/mol. The molecule has 0 radical (unpaired) electrons. The third kappa shape index (κ3) is 6.05. The molecule has 0 aliphatic carbocycles. The smallest absolute Gasteiger partial charge is 0.253 e. The summed E-state index contributed by atoms with van der Waals surface area (Å²) >= 11 is 0. The van der Waals surface area contributed by atoms with Crippen molar-refractivity contribution >= 4 is 11.8 Å². The SMILES string of the molecule is COC[C@H]1O[C@H](O[C@H]2[C@H](OC)[C@@H](OC)[C@H](O)O[C@@H]2CON2C(=O)CCC2=O)[C@H](OC)[C@@H](OC)[C@@H]1OC. The van der Waals surface area contributed by atoms with Crippen molar-refractivity contribution in [3.63, 3.8) is 0 Å². The summed E-state index contributed by atoms with van der Waals surface area (Å²) in [5, 5.41) is 11.2.